The molecule has 0 radical (unpaired) electrons. The van der Waals surface area contributed by atoms with Gasteiger partial charge in [-0.1, -0.05) is 13.0 Å². The van der Waals surface area contributed by atoms with Crippen LogP contribution in [0.4, 0.5) is 0 Å². The van der Waals surface area contributed by atoms with Gasteiger partial charge in [0, 0.05) is 17.8 Å². The molecule has 0 aliphatic carbocycles. The fourth-order valence-electron chi connectivity index (χ4n) is 2.34. The van der Waals surface area contributed by atoms with Gasteiger partial charge in [-0.05, 0) is 37.3 Å². The van der Waals surface area contributed by atoms with Crippen molar-refractivity contribution in [2.24, 2.45) is 0 Å². The van der Waals surface area contributed by atoms with Crippen LogP contribution in [-0.4, -0.2) is 38.5 Å². The van der Waals surface area contributed by atoms with Gasteiger partial charge in [-0.2, -0.15) is 0 Å². The normalized spacial score (nSPS) is 23.0. The Kier molecular flexibility index (Phi) is 6.85. The van der Waals surface area contributed by atoms with Crippen molar-refractivity contribution in [1.82, 2.24) is 5.32 Å². The first-order valence-corrected chi connectivity index (χ1v) is 8.22. The quantitative estimate of drug-likeness (QED) is 0.707. The molecule has 0 spiro atoms. The van der Waals surface area contributed by atoms with Crippen molar-refractivity contribution in [1.29, 1.82) is 0 Å². The van der Waals surface area contributed by atoms with Crippen LogP contribution >= 0.6 is 11.3 Å². The molecular weight excluding hydrogens is 258 g/mol. The van der Waals surface area contributed by atoms with Crippen molar-refractivity contribution < 1.29 is 9.47 Å². The van der Waals surface area contributed by atoms with Crippen molar-refractivity contribution in [3.63, 3.8) is 0 Å². The molecular formula is C15H25NO2S. The van der Waals surface area contributed by atoms with E-state index in [0.717, 1.165) is 45.6 Å². The Bertz CT molecular complexity index is 329. The van der Waals surface area contributed by atoms with Crippen LogP contribution < -0.4 is 5.32 Å². The van der Waals surface area contributed by atoms with Crippen LogP contribution in [0.2, 0.25) is 0 Å². The Hall–Kier alpha value is -0.420. The molecule has 1 N–H and O–H groups in total. The fourth-order valence-corrected chi connectivity index (χ4v) is 3.03. The minimum Gasteiger partial charge on any atom is -0.378 e. The standard InChI is InChI=1S/C15H25NO2S/c1-2-8-16-11-13-5-6-14(18-13)12-17-9-7-15-4-3-10-19-15/h3-4,10,13-14,16H,2,5-9,11-12H2,1H3. The molecule has 1 aliphatic heterocycles. The Morgan fingerprint density at radius 3 is 3.11 bits per heavy atom. The molecule has 1 saturated heterocycles. The van der Waals surface area contributed by atoms with E-state index in [1.807, 2.05) is 0 Å². The SMILES string of the molecule is CCCNCC1CCC(COCCc2cccs2)O1. The molecule has 3 nitrogen and oxygen atoms in total. The van der Waals surface area contributed by atoms with Crippen LogP contribution in [-0.2, 0) is 15.9 Å². The Labute approximate surface area is 120 Å². The summed E-state index contributed by atoms with van der Waals surface area (Å²) in [5, 5.41) is 5.53. The maximum atomic E-state index is 5.96. The second-order valence-electron chi connectivity index (χ2n) is 5.07. The third kappa shape index (κ3) is 5.61. The van der Waals surface area contributed by atoms with Gasteiger partial charge in [0.1, 0.15) is 0 Å². The molecule has 2 atom stereocenters. The lowest BCUT2D eigenvalue weighted by Gasteiger charge is -2.14. The van der Waals surface area contributed by atoms with E-state index in [4.69, 9.17) is 9.47 Å². The van der Waals surface area contributed by atoms with E-state index in [2.05, 4.69) is 29.8 Å². The molecule has 0 aromatic carbocycles. The predicted octanol–water partition coefficient (Wildman–Crippen LogP) is 2.85. The van der Waals surface area contributed by atoms with Crippen molar-refractivity contribution in [2.75, 3.05) is 26.3 Å². The Balaban J connectivity index is 1.50. The first-order chi connectivity index (χ1) is 9.38. The first-order valence-electron chi connectivity index (χ1n) is 7.34. The zero-order chi connectivity index (χ0) is 13.3. The lowest BCUT2D eigenvalue weighted by atomic mass is 10.2. The van der Waals surface area contributed by atoms with Gasteiger partial charge in [-0.3, -0.25) is 0 Å². The second kappa shape index (κ2) is 8.69. The van der Waals surface area contributed by atoms with Crippen LogP contribution in [0.3, 0.4) is 0 Å². The summed E-state index contributed by atoms with van der Waals surface area (Å²) in [6, 6.07) is 4.25. The molecule has 2 heterocycles. The van der Waals surface area contributed by atoms with Crippen molar-refractivity contribution >= 4 is 11.3 Å². The van der Waals surface area contributed by atoms with Crippen molar-refractivity contribution in [2.45, 2.75) is 44.8 Å². The van der Waals surface area contributed by atoms with Crippen LogP contribution in [0.25, 0.3) is 0 Å². The summed E-state index contributed by atoms with van der Waals surface area (Å²) >= 11 is 1.80. The van der Waals surface area contributed by atoms with E-state index >= 15 is 0 Å². The first kappa shape index (κ1) is 15.0. The maximum Gasteiger partial charge on any atom is 0.0813 e. The Morgan fingerprint density at radius 2 is 2.32 bits per heavy atom. The zero-order valence-electron chi connectivity index (χ0n) is 11.8. The van der Waals surface area contributed by atoms with Crippen molar-refractivity contribution in [3.8, 4) is 0 Å². The van der Waals surface area contributed by atoms with Gasteiger partial charge in [-0.25, -0.2) is 0 Å². The molecule has 2 rings (SSSR count). The van der Waals surface area contributed by atoms with Gasteiger partial charge < -0.3 is 14.8 Å². The predicted molar refractivity (Wildman–Crippen MR) is 79.9 cm³/mol. The van der Waals surface area contributed by atoms with E-state index in [1.54, 1.807) is 11.3 Å². The number of hydrogen-bond donors (Lipinski definition) is 1. The molecule has 0 saturated carbocycles. The van der Waals surface area contributed by atoms with Crippen LogP contribution in [0, 0.1) is 0 Å². The van der Waals surface area contributed by atoms with Gasteiger partial charge in [0.25, 0.3) is 0 Å². The number of rotatable bonds is 9. The monoisotopic (exact) mass is 283 g/mol. The van der Waals surface area contributed by atoms with Crippen molar-refractivity contribution in [3.05, 3.63) is 22.4 Å². The molecule has 1 aliphatic rings. The average Bonchev–Trinajstić information content (AvgIpc) is 3.06. The van der Waals surface area contributed by atoms with Gasteiger partial charge in [0.15, 0.2) is 0 Å². The lowest BCUT2D eigenvalue weighted by Crippen LogP contribution is -2.28. The lowest BCUT2D eigenvalue weighted by molar-refractivity contribution is -0.0134. The van der Waals surface area contributed by atoms with Crippen LogP contribution in [0.15, 0.2) is 17.5 Å². The molecule has 108 valence electrons. The summed E-state index contributed by atoms with van der Waals surface area (Å²) < 4.78 is 11.7. The molecule has 1 aromatic rings. The molecule has 19 heavy (non-hydrogen) atoms. The van der Waals surface area contributed by atoms with E-state index in [9.17, 15) is 0 Å². The summed E-state index contributed by atoms with van der Waals surface area (Å²) in [5.74, 6) is 0. The van der Waals surface area contributed by atoms with E-state index in [0.29, 0.717) is 12.2 Å². The minimum atomic E-state index is 0.303. The summed E-state index contributed by atoms with van der Waals surface area (Å²) in [6.07, 6.45) is 5.19. The Morgan fingerprint density at radius 1 is 1.42 bits per heavy atom. The molecule has 0 bridgehead atoms. The third-order valence-corrected chi connectivity index (χ3v) is 4.31. The number of nitrogens with one attached hydrogen (secondary N) is 1. The highest BCUT2D eigenvalue weighted by Gasteiger charge is 2.24. The molecule has 4 heteroatoms. The summed E-state index contributed by atoms with van der Waals surface area (Å²) in [7, 11) is 0. The summed E-state index contributed by atoms with van der Waals surface area (Å²) in [5.41, 5.74) is 0. The molecule has 2 unspecified atom stereocenters. The van der Waals surface area contributed by atoms with Gasteiger partial charge in [0.2, 0.25) is 0 Å². The van der Waals surface area contributed by atoms with E-state index in [-0.39, 0.29) is 0 Å². The largest absolute Gasteiger partial charge is 0.378 e. The zero-order valence-corrected chi connectivity index (χ0v) is 12.6. The fraction of sp³-hybridized carbons (Fsp3) is 0.733. The molecule has 1 aromatic heterocycles. The van der Waals surface area contributed by atoms with Gasteiger partial charge in [0.05, 0.1) is 25.4 Å². The molecule has 0 amide bonds. The average molecular weight is 283 g/mol. The number of thiophene rings is 1. The van der Waals surface area contributed by atoms with Crippen LogP contribution in [0.5, 0.6) is 0 Å². The highest BCUT2D eigenvalue weighted by molar-refractivity contribution is 7.09. The van der Waals surface area contributed by atoms with Gasteiger partial charge >= 0.3 is 0 Å². The van der Waals surface area contributed by atoms with Gasteiger partial charge in [-0.15, -0.1) is 11.3 Å². The minimum absolute atomic E-state index is 0.303. The number of hydrogen-bond acceptors (Lipinski definition) is 4. The summed E-state index contributed by atoms with van der Waals surface area (Å²) in [4.78, 5) is 1.40. The molecule has 1 fully saturated rings. The third-order valence-electron chi connectivity index (χ3n) is 3.37. The maximum absolute atomic E-state index is 5.96. The second-order valence-corrected chi connectivity index (χ2v) is 6.10. The highest BCUT2D eigenvalue weighted by Crippen LogP contribution is 2.19. The van der Waals surface area contributed by atoms with Crippen LogP contribution in [0.1, 0.15) is 31.1 Å². The topological polar surface area (TPSA) is 30.5 Å². The smallest absolute Gasteiger partial charge is 0.0813 e. The summed E-state index contributed by atoms with van der Waals surface area (Å²) in [6.45, 7) is 5.81. The van der Waals surface area contributed by atoms with E-state index in [1.165, 1.54) is 11.3 Å². The highest BCUT2D eigenvalue weighted by atomic mass is 32.1. The van der Waals surface area contributed by atoms with E-state index < -0.39 is 0 Å². The number of ether oxygens (including phenoxy) is 2.